The van der Waals surface area contributed by atoms with E-state index in [1.165, 1.54) is 6.07 Å². The fourth-order valence-electron chi connectivity index (χ4n) is 2.53. The highest BCUT2D eigenvalue weighted by Gasteiger charge is 2.25. The summed E-state index contributed by atoms with van der Waals surface area (Å²) in [4.78, 5) is 14.1. The zero-order chi connectivity index (χ0) is 14.5. The number of carbonyl (C=O) groups is 1. The van der Waals surface area contributed by atoms with Crippen LogP contribution in [0.15, 0.2) is 18.2 Å². The molecule has 1 N–H and O–H groups in total. The Morgan fingerprint density at radius 3 is 2.60 bits per heavy atom. The second-order valence-electron chi connectivity index (χ2n) is 5.13. The lowest BCUT2D eigenvalue weighted by Crippen LogP contribution is -2.40. The Labute approximate surface area is 118 Å². The minimum Gasteiger partial charge on any atom is -0.338 e. The standard InChI is InChI=1S/C15H20F2N2O/c1-2-19(15(20)12-5-7-18-8-6-12)10-11-3-4-13(16)14(17)9-11/h3-4,9,12,18H,2,5-8,10H2,1H3. The van der Waals surface area contributed by atoms with Crippen LogP contribution in [0.3, 0.4) is 0 Å². The van der Waals surface area contributed by atoms with Crippen LogP contribution in [0, 0.1) is 17.6 Å². The average molecular weight is 282 g/mol. The molecule has 1 aromatic rings. The number of hydrogen-bond acceptors (Lipinski definition) is 2. The van der Waals surface area contributed by atoms with Gasteiger partial charge in [0.1, 0.15) is 0 Å². The third-order valence-corrected chi connectivity index (χ3v) is 3.74. The highest BCUT2D eigenvalue weighted by molar-refractivity contribution is 5.79. The van der Waals surface area contributed by atoms with Gasteiger partial charge in [-0.15, -0.1) is 0 Å². The summed E-state index contributed by atoms with van der Waals surface area (Å²) in [6, 6.07) is 3.79. The molecule has 0 aliphatic carbocycles. The summed E-state index contributed by atoms with van der Waals surface area (Å²) in [6.45, 7) is 4.52. The lowest BCUT2D eigenvalue weighted by atomic mass is 9.96. The molecular weight excluding hydrogens is 262 g/mol. The molecular formula is C15H20F2N2O. The Morgan fingerprint density at radius 2 is 2.00 bits per heavy atom. The topological polar surface area (TPSA) is 32.3 Å². The first-order valence-corrected chi connectivity index (χ1v) is 7.05. The maximum Gasteiger partial charge on any atom is 0.226 e. The molecule has 0 aromatic heterocycles. The summed E-state index contributed by atoms with van der Waals surface area (Å²) >= 11 is 0. The molecule has 0 unspecified atom stereocenters. The van der Waals surface area contributed by atoms with Crippen LogP contribution in [-0.2, 0) is 11.3 Å². The maximum absolute atomic E-state index is 13.2. The summed E-state index contributed by atoms with van der Waals surface area (Å²) in [7, 11) is 0. The number of halogens is 2. The van der Waals surface area contributed by atoms with Crippen LogP contribution in [-0.4, -0.2) is 30.4 Å². The van der Waals surface area contributed by atoms with Crippen molar-refractivity contribution in [3.8, 4) is 0 Å². The molecule has 0 radical (unpaired) electrons. The molecule has 0 spiro atoms. The highest BCUT2D eigenvalue weighted by Crippen LogP contribution is 2.18. The predicted octanol–water partition coefficient (Wildman–Crippen LogP) is 2.31. The van der Waals surface area contributed by atoms with Crippen molar-refractivity contribution >= 4 is 5.91 Å². The molecule has 1 aromatic carbocycles. The van der Waals surface area contributed by atoms with Gasteiger partial charge in [0.2, 0.25) is 5.91 Å². The first kappa shape index (κ1) is 14.9. The van der Waals surface area contributed by atoms with Crippen molar-refractivity contribution in [2.45, 2.75) is 26.3 Å². The van der Waals surface area contributed by atoms with Crippen molar-refractivity contribution < 1.29 is 13.6 Å². The zero-order valence-corrected chi connectivity index (χ0v) is 11.7. The van der Waals surface area contributed by atoms with Gasteiger partial charge in [0.05, 0.1) is 0 Å². The van der Waals surface area contributed by atoms with E-state index in [0.717, 1.165) is 38.1 Å². The fourth-order valence-corrected chi connectivity index (χ4v) is 2.53. The average Bonchev–Trinajstić information content (AvgIpc) is 2.48. The number of piperidine rings is 1. The number of amides is 1. The van der Waals surface area contributed by atoms with Gasteiger partial charge in [-0.2, -0.15) is 0 Å². The van der Waals surface area contributed by atoms with Gasteiger partial charge in [-0.3, -0.25) is 4.79 Å². The highest BCUT2D eigenvalue weighted by atomic mass is 19.2. The van der Waals surface area contributed by atoms with Gasteiger partial charge in [-0.1, -0.05) is 6.07 Å². The van der Waals surface area contributed by atoms with E-state index >= 15 is 0 Å². The van der Waals surface area contributed by atoms with Crippen LogP contribution in [0.1, 0.15) is 25.3 Å². The molecule has 0 atom stereocenters. The molecule has 0 saturated carbocycles. The lowest BCUT2D eigenvalue weighted by Gasteiger charge is -2.29. The number of rotatable bonds is 4. The molecule has 2 rings (SSSR count). The van der Waals surface area contributed by atoms with E-state index in [4.69, 9.17) is 0 Å². The molecule has 3 nitrogen and oxygen atoms in total. The molecule has 1 heterocycles. The van der Waals surface area contributed by atoms with E-state index in [0.29, 0.717) is 18.7 Å². The fraction of sp³-hybridized carbons (Fsp3) is 0.533. The van der Waals surface area contributed by atoms with Crippen molar-refractivity contribution in [1.82, 2.24) is 10.2 Å². The minimum absolute atomic E-state index is 0.0431. The van der Waals surface area contributed by atoms with Gasteiger partial charge >= 0.3 is 0 Å². The van der Waals surface area contributed by atoms with E-state index in [1.54, 1.807) is 4.90 Å². The van der Waals surface area contributed by atoms with Gasteiger partial charge in [0, 0.05) is 19.0 Å². The third kappa shape index (κ3) is 3.54. The van der Waals surface area contributed by atoms with Gasteiger partial charge in [0.15, 0.2) is 11.6 Å². The van der Waals surface area contributed by atoms with Gasteiger partial charge in [-0.05, 0) is 50.6 Å². The first-order chi connectivity index (χ1) is 9.61. The predicted molar refractivity (Wildman–Crippen MR) is 73.0 cm³/mol. The molecule has 5 heteroatoms. The summed E-state index contributed by atoms with van der Waals surface area (Å²) < 4.78 is 26.1. The van der Waals surface area contributed by atoms with Crippen molar-refractivity contribution in [2.75, 3.05) is 19.6 Å². The van der Waals surface area contributed by atoms with Gasteiger partial charge in [-0.25, -0.2) is 8.78 Å². The Balaban J connectivity index is 2.03. The zero-order valence-electron chi connectivity index (χ0n) is 11.7. The van der Waals surface area contributed by atoms with Crippen molar-refractivity contribution in [3.05, 3.63) is 35.4 Å². The van der Waals surface area contributed by atoms with Crippen molar-refractivity contribution in [1.29, 1.82) is 0 Å². The first-order valence-electron chi connectivity index (χ1n) is 7.05. The largest absolute Gasteiger partial charge is 0.338 e. The summed E-state index contributed by atoms with van der Waals surface area (Å²) in [6.07, 6.45) is 1.68. The monoisotopic (exact) mass is 282 g/mol. The van der Waals surface area contributed by atoms with E-state index in [2.05, 4.69) is 5.32 Å². The Bertz CT molecular complexity index is 473. The number of hydrogen-bond donors (Lipinski definition) is 1. The van der Waals surface area contributed by atoms with E-state index in [9.17, 15) is 13.6 Å². The normalized spacial score (nSPS) is 16.1. The molecule has 110 valence electrons. The molecule has 0 bridgehead atoms. The second kappa shape index (κ2) is 6.79. The molecule has 1 aliphatic heterocycles. The summed E-state index contributed by atoms with van der Waals surface area (Å²) in [5.41, 5.74) is 0.619. The Hall–Kier alpha value is -1.49. The number of benzene rings is 1. The molecule has 1 amide bonds. The van der Waals surface area contributed by atoms with E-state index < -0.39 is 11.6 Å². The number of nitrogens with one attached hydrogen (secondary N) is 1. The SMILES string of the molecule is CCN(Cc1ccc(F)c(F)c1)C(=O)C1CCNCC1. The van der Waals surface area contributed by atoms with E-state index in [-0.39, 0.29) is 11.8 Å². The molecule has 1 fully saturated rings. The van der Waals surface area contributed by atoms with Crippen LogP contribution in [0.2, 0.25) is 0 Å². The van der Waals surface area contributed by atoms with Crippen molar-refractivity contribution in [3.63, 3.8) is 0 Å². The lowest BCUT2D eigenvalue weighted by molar-refractivity contribution is -0.136. The minimum atomic E-state index is -0.868. The van der Waals surface area contributed by atoms with Crippen molar-refractivity contribution in [2.24, 2.45) is 5.92 Å². The van der Waals surface area contributed by atoms with Crippen LogP contribution >= 0.6 is 0 Å². The second-order valence-corrected chi connectivity index (χ2v) is 5.13. The number of nitrogens with zero attached hydrogens (tertiary/aromatic N) is 1. The number of carbonyl (C=O) groups excluding carboxylic acids is 1. The van der Waals surface area contributed by atoms with Crippen LogP contribution in [0.5, 0.6) is 0 Å². The molecule has 1 aliphatic rings. The maximum atomic E-state index is 13.2. The van der Waals surface area contributed by atoms with Crippen LogP contribution < -0.4 is 5.32 Å². The smallest absolute Gasteiger partial charge is 0.226 e. The third-order valence-electron chi connectivity index (χ3n) is 3.74. The van der Waals surface area contributed by atoms with Gasteiger partial charge < -0.3 is 10.2 Å². The summed E-state index contributed by atoms with van der Waals surface area (Å²) in [5.74, 6) is -1.57. The van der Waals surface area contributed by atoms with E-state index in [1.807, 2.05) is 6.92 Å². The molecule has 20 heavy (non-hydrogen) atoms. The van der Waals surface area contributed by atoms with Gasteiger partial charge in [0.25, 0.3) is 0 Å². The quantitative estimate of drug-likeness (QED) is 0.919. The molecule has 1 saturated heterocycles. The summed E-state index contributed by atoms with van der Waals surface area (Å²) in [5, 5.41) is 3.23. The Morgan fingerprint density at radius 1 is 1.30 bits per heavy atom. The van der Waals surface area contributed by atoms with Crippen LogP contribution in [0.4, 0.5) is 8.78 Å². The van der Waals surface area contributed by atoms with Crippen LogP contribution in [0.25, 0.3) is 0 Å². The Kier molecular flexibility index (Phi) is 5.06.